The van der Waals surface area contributed by atoms with Gasteiger partial charge < -0.3 is 10.2 Å². The van der Waals surface area contributed by atoms with Gasteiger partial charge in [0, 0.05) is 37.5 Å². The lowest BCUT2D eigenvalue weighted by atomic mass is 10.1. The largest absolute Gasteiger partial charge is 0.380 e. The van der Waals surface area contributed by atoms with E-state index in [9.17, 15) is 14.9 Å². The standard InChI is InChI=1S/C13H19N3O3S/c1-4-14-11-9-10(5-6-12(11)16(18)19)13(17)15(2)7-8-20-3/h5-6,9,14H,4,7-8H2,1-3H3. The molecule has 20 heavy (non-hydrogen) atoms. The van der Waals surface area contributed by atoms with Gasteiger partial charge in [0.25, 0.3) is 11.6 Å². The fourth-order valence-corrected chi connectivity index (χ4v) is 2.17. The number of nitrogens with zero attached hydrogens (tertiary/aromatic N) is 2. The van der Waals surface area contributed by atoms with Crippen molar-refractivity contribution in [2.24, 2.45) is 0 Å². The van der Waals surface area contributed by atoms with E-state index in [0.29, 0.717) is 24.3 Å². The van der Waals surface area contributed by atoms with Crippen molar-refractivity contribution in [3.63, 3.8) is 0 Å². The van der Waals surface area contributed by atoms with Crippen molar-refractivity contribution >= 4 is 29.0 Å². The Hall–Kier alpha value is -1.76. The van der Waals surface area contributed by atoms with E-state index in [1.807, 2.05) is 13.2 Å². The molecule has 0 radical (unpaired) electrons. The van der Waals surface area contributed by atoms with E-state index in [1.54, 1.807) is 29.8 Å². The number of carbonyl (C=O) groups excluding carboxylic acids is 1. The first-order valence-electron chi connectivity index (χ1n) is 6.28. The van der Waals surface area contributed by atoms with E-state index < -0.39 is 4.92 Å². The van der Waals surface area contributed by atoms with Gasteiger partial charge in [-0.1, -0.05) is 0 Å². The molecule has 1 N–H and O–H groups in total. The summed E-state index contributed by atoms with van der Waals surface area (Å²) < 4.78 is 0. The van der Waals surface area contributed by atoms with Crippen LogP contribution in [-0.2, 0) is 0 Å². The molecule has 0 saturated heterocycles. The van der Waals surface area contributed by atoms with Crippen LogP contribution >= 0.6 is 11.8 Å². The first-order valence-corrected chi connectivity index (χ1v) is 7.67. The normalized spacial score (nSPS) is 10.2. The van der Waals surface area contributed by atoms with Crippen LogP contribution in [0.4, 0.5) is 11.4 Å². The van der Waals surface area contributed by atoms with E-state index in [2.05, 4.69) is 5.32 Å². The van der Waals surface area contributed by atoms with Gasteiger partial charge in [-0.25, -0.2) is 0 Å². The molecule has 7 heteroatoms. The maximum Gasteiger partial charge on any atom is 0.292 e. The predicted octanol–water partition coefficient (Wildman–Crippen LogP) is 2.46. The Bertz CT molecular complexity index is 494. The second-order valence-electron chi connectivity index (χ2n) is 4.24. The third kappa shape index (κ3) is 4.12. The van der Waals surface area contributed by atoms with Crippen LogP contribution in [0.25, 0.3) is 0 Å². The Kier molecular flexibility index (Phi) is 6.30. The number of benzene rings is 1. The third-order valence-corrected chi connectivity index (χ3v) is 3.38. The van der Waals surface area contributed by atoms with Crippen molar-refractivity contribution in [1.29, 1.82) is 0 Å². The smallest absolute Gasteiger partial charge is 0.292 e. The van der Waals surface area contributed by atoms with Crippen molar-refractivity contribution in [2.75, 3.05) is 37.5 Å². The molecule has 0 aliphatic heterocycles. The summed E-state index contributed by atoms with van der Waals surface area (Å²) in [6.45, 7) is 3.05. The molecule has 0 aromatic heterocycles. The number of anilines is 1. The maximum absolute atomic E-state index is 12.2. The Morgan fingerprint density at radius 2 is 2.20 bits per heavy atom. The molecular formula is C13H19N3O3S. The third-order valence-electron chi connectivity index (χ3n) is 2.78. The number of amides is 1. The number of nitro benzene ring substituents is 1. The van der Waals surface area contributed by atoms with Crippen molar-refractivity contribution in [2.45, 2.75) is 6.92 Å². The molecule has 0 aliphatic rings. The predicted molar refractivity (Wildman–Crippen MR) is 82.6 cm³/mol. The molecule has 0 saturated carbocycles. The van der Waals surface area contributed by atoms with Gasteiger partial charge >= 0.3 is 0 Å². The lowest BCUT2D eigenvalue weighted by Crippen LogP contribution is -2.28. The number of thioether (sulfide) groups is 1. The molecular weight excluding hydrogens is 278 g/mol. The van der Waals surface area contributed by atoms with Gasteiger partial charge in [-0.2, -0.15) is 11.8 Å². The quantitative estimate of drug-likeness (QED) is 0.618. The monoisotopic (exact) mass is 297 g/mol. The fraction of sp³-hybridized carbons (Fsp3) is 0.462. The minimum absolute atomic E-state index is 0.0184. The summed E-state index contributed by atoms with van der Waals surface area (Å²) in [5.41, 5.74) is 0.812. The number of hydrogen-bond donors (Lipinski definition) is 1. The van der Waals surface area contributed by atoms with Crippen molar-refractivity contribution in [1.82, 2.24) is 4.90 Å². The van der Waals surface area contributed by atoms with Crippen LogP contribution in [0.3, 0.4) is 0 Å². The minimum Gasteiger partial charge on any atom is -0.380 e. The molecule has 0 heterocycles. The van der Waals surface area contributed by atoms with Crippen LogP contribution in [0.2, 0.25) is 0 Å². The molecule has 6 nitrogen and oxygen atoms in total. The van der Waals surface area contributed by atoms with Gasteiger partial charge in [-0.3, -0.25) is 14.9 Å². The minimum atomic E-state index is -0.455. The average molecular weight is 297 g/mol. The summed E-state index contributed by atoms with van der Waals surface area (Å²) in [5.74, 6) is 0.725. The zero-order valence-corrected chi connectivity index (χ0v) is 12.7. The van der Waals surface area contributed by atoms with E-state index in [4.69, 9.17) is 0 Å². The molecule has 1 aromatic carbocycles. The summed E-state index contributed by atoms with van der Waals surface area (Å²) in [6, 6.07) is 4.41. The van der Waals surface area contributed by atoms with Crippen LogP contribution in [0, 0.1) is 10.1 Å². The van der Waals surface area contributed by atoms with Crippen LogP contribution < -0.4 is 5.32 Å². The van der Waals surface area contributed by atoms with Crippen molar-refractivity contribution in [3.05, 3.63) is 33.9 Å². The molecule has 0 fully saturated rings. The lowest BCUT2D eigenvalue weighted by molar-refractivity contribution is -0.384. The highest BCUT2D eigenvalue weighted by Crippen LogP contribution is 2.25. The summed E-state index contributed by atoms with van der Waals surface area (Å²) in [7, 11) is 1.73. The Labute approximate surface area is 122 Å². The van der Waals surface area contributed by atoms with Gasteiger partial charge in [0.15, 0.2) is 0 Å². The second-order valence-corrected chi connectivity index (χ2v) is 5.22. The highest BCUT2D eigenvalue weighted by atomic mass is 32.2. The van der Waals surface area contributed by atoms with Gasteiger partial charge in [0.05, 0.1) is 4.92 Å². The van der Waals surface area contributed by atoms with Gasteiger partial charge in [-0.05, 0) is 25.3 Å². The summed E-state index contributed by atoms with van der Waals surface area (Å²) in [4.78, 5) is 24.3. The fourth-order valence-electron chi connectivity index (χ4n) is 1.71. The van der Waals surface area contributed by atoms with Crippen LogP contribution in [0.5, 0.6) is 0 Å². The summed E-state index contributed by atoms with van der Waals surface area (Å²) in [5, 5.41) is 13.8. The van der Waals surface area contributed by atoms with Gasteiger partial charge in [-0.15, -0.1) is 0 Å². The first kappa shape index (κ1) is 16.3. The molecule has 1 amide bonds. The van der Waals surface area contributed by atoms with E-state index in [-0.39, 0.29) is 11.6 Å². The maximum atomic E-state index is 12.2. The van der Waals surface area contributed by atoms with Crippen LogP contribution in [-0.4, -0.2) is 47.9 Å². The number of hydrogen-bond acceptors (Lipinski definition) is 5. The molecule has 1 rings (SSSR count). The van der Waals surface area contributed by atoms with Crippen LogP contribution in [0.15, 0.2) is 18.2 Å². The number of carbonyl (C=O) groups is 1. The zero-order chi connectivity index (χ0) is 15.1. The number of rotatable bonds is 7. The molecule has 110 valence electrons. The van der Waals surface area contributed by atoms with E-state index in [0.717, 1.165) is 5.75 Å². The molecule has 1 aromatic rings. The zero-order valence-electron chi connectivity index (χ0n) is 11.9. The second kappa shape index (κ2) is 7.74. The summed E-state index contributed by atoms with van der Waals surface area (Å²) >= 11 is 1.66. The van der Waals surface area contributed by atoms with Crippen molar-refractivity contribution < 1.29 is 9.72 Å². The summed E-state index contributed by atoms with van der Waals surface area (Å²) in [6.07, 6.45) is 1.98. The highest BCUT2D eigenvalue weighted by Gasteiger charge is 2.18. The Morgan fingerprint density at radius 3 is 2.75 bits per heavy atom. The Morgan fingerprint density at radius 1 is 1.50 bits per heavy atom. The number of nitro groups is 1. The Balaban J connectivity index is 2.98. The van der Waals surface area contributed by atoms with E-state index in [1.165, 1.54) is 12.1 Å². The van der Waals surface area contributed by atoms with E-state index >= 15 is 0 Å². The highest BCUT2D eigenvalue weighted by molar-refractivity contribution is 7.98. The molecule has 0 atom stereocenters. The topological polar surface area (TPSA) is 75.5 Å². The van der Waals surface area contributed by atoms with Crippen LogP contribution in [0.1, 0.15) is 17.3 Å². The molecule has 0 aliphatic carbocycles. The molecule has 0 spiro atoms. The lowest BCUT2D eigenvalue weighted by Gasteiger charge is -2.17. The van der Waals surface area contributed by atoms with Gasteiger partial charge in [0.1, 0.15) is 5.69 Å². The molecule has 0 bridgehead atoms. The first-order chi connectivity index (χ1) is 9.51. The van der Waals surface area contributed by atoms with Gasteiger partial charge in [0.2, 0.25) is 0 Å². The SMILES string of the molecule is CCNc1cc(C(=O)N(C)CCSC)ccc1[N+](=O)[O-]. The number of nitrogens with one attached hydrogen (secondary N) is 1. The van der Waals surface area contributed by atoms with Crippen molar-refractivity contribution in [3.8, 4) is 0 Å². The average Bonchev–Trinajstić information content (AvgIpc) is 2.43. The molecule has 0 unspecified atom stereocenters.